The number of rotatable bonds is 6. The summed E-state index contributed by atoms with van der Waals surface area (Å²) in [6.07, 6.45) is 2.17. The van der Waals surface area contributed by atoms with Crippen LogP contribution in [-0.2, 0) is 0 Å². The van der Waals surface area contributed by atoms with Crippen LogP contribution >= 0.6 is 0 Å². The highest BCUT2D eigenvalue weighted by atomic mass is 16.3. The molecule has 0 aromatic heterocycles. The molecule has 0 aromatic rings. The molecule has 3 N–H and O–H groups in total. The second-order valence-corrected chi connectivity index (χ2v) is 3.10. The molecule has 0 aliphatic heterocycles. The van der Waals surface area contributed by atoms with Crippen molar-refractivity contribution in [3.63, 3.8) is 0 Å². The molecular weight excluding hydrogens is 168 g/mol. The van der Waals surface area contributed by atoms with Crippen molar-refractivity contribution in [2.24, 2.45) is 0 Å². The van der Waals surface area contributed by atoms with E-state index in [1.54, 1.807) is 13.0 Å². The minimum atomic E-state index is -0.520. The highest BCUT2D eigenvalue weighted by Crippen LogP contribution is 2.11. The van der Waals surface area contributed by atoms with Crippen molar-refractivity contribution >= 4 is 0 Å². The van der Waals surface area contributed by atoms with E-state index < -0.39 is 6.10 Å². The second-order valence-electron chi connectivity index (χ2n) is 3.10. The summed E-state index contributed by atoms with van der Waals surface area (Å²) in [7, 11) is 0. The fourth-order valence-corrected chi connectivity index (χ4v) is 0.943. The summed E-state index contributed by atoms with van der Waals surface area (Å²) < 4.78 is 0. The Kier molecular flexibility index (Phi) is 6.49. The number of aliphatic hydroxyl groups is 3. The lowest BCUT2D eigenvalue weighted by atomic mass is 10.0. The molecule has 0 aliphatic rings. The van der Waals surface area contributed by atoms with Gasteiger partial charge in [0.05, 0.1) is 19.3 Å². The topological polar surface area (TPSA) is 60.7 Å². The van der Waals surface area contributed by atoms with Gasteiger partial charge in [-0.1, -0.05) is 18.2 Å². The maximum absolute atomic E-state index is 9.37. The van der Waals surface area contributed by atoms with Crippen molar-refractivity contribution in [3.05, 3.63) is 23.8 Å². The van der Waals surface area contributed by atoms with E-state index >= 15 is 0 Å². The summed E-state index contributed by atoms with van der Waals surface area (Å²) in [6, 6.07) is 0. The third kappa shape index (κ3) is 5.58. The molecule has 0 heterocycles. The lowest BCUT2D eigenvalue weighted by molar-refractivity contribution is 0.198. The highest BCUT2D eigenvalue weighted by Gasteiger charge is 2.05. The molecule has 0 spiro atoms. The van der Waals surface area contributed by atoms with E-state index in [2.05, 4.69) is 6.58 Å². The third-order valence-corrected chi connectivity index (χ3v) is 1.89. The van der Waals surface area contributed by atoms with Crippen LogP contribution in [0.2, 0.25) is 0 Å². The van der Waals surface area contributed by atoms with Crippen LogP contribution in [0.3, 0.4) is 0 Å². The summed E-state index contributed by atoms with van der Waals surface area (Å²) in [6.45, 7) is 5.25. The Balaban J connectivity index is 3.85. The Labute approximate surface area is 79.0 Å². The molecule has 0 fully saturated rings. The monoisotopic (exact) mass is 186 g/mol. The van der Waals surface area contributed by atoms with E-state index in [1.807, 2.05) is 0 Å². The Bertz CT molecular complexity index is 185. The van der Waals surface area contributed by atoms with Gasteiger partial charge in [-0.2, -0.15) is 0 Å². The Morgan fingerprint density at radius 3 is 2.46 bits per heavy atom. The Morgan fingerprint density at radius 1 is 1.46 bits per heavy atom. The largest absolute Gasteiger partial charge is 0.392 e. The predicted molar refractivity (Wildman–Crippen MR) is 52.3 cm³/mol. The van der Waals surface area contributed by atoms with Gasteiger partial charge >= 0.3 is 0 Å². The molecule has 0 aromatic carbocycles. The highest BCUT2D eigenvalue weighted by molar-refractivity contribution is 5.05. The molecule has 76 valence electrons. The summed E-state index contributed by atoms with van der Waals surface area (Å²) in [4.78, 5) is 0. The molecule has 0 amide bonds. The van der Waals surface area contributed by atoms with E-state index in [0.717, 1.165) is 11.1 Å². The fourth-order valence-electron chi connectivity index (χ4n) is 0.943. The predicted octanol–water partition coefficient (Wildman–Crippen LogP) is 0.615. The molecule has 0 rings (SSSR count). The molecule has 13 heavy (non-hydrogen) atoms. The molecule has 3 nitrogen and oxygen atoms in total. The SMILES string of the molecule is C=C(C)C(O)CCC(=CCO)CO. The molecule has 0 bridgehead atoms. The van der Waals surface area contributed by atoms with Crippen LogP contribution in [0.15, 0.2) is 23.8 Å². The summed E-state index contributed by atoms with van der Waals surface area (Å²) in [5, 5.41) is 26.8. The van der Waals surface area contributed by atoms with E-state index in [4.69, 9.17) is 10.2 Å². The normalized spacial score (nSPS) is 14.3. The lowest BCUT2D eigenvalue weighted by Gasteiger charge is -2.10. The molecule has 1 atom stereocenters. The van der Waals surface area contributed by atoms with Gasteiger partial charge in [-0.05, 0) is 25.3 Å². The summed E-state index contributed by atoms with van der Waals surface area (Å²) in [5.74, 6) is 0. The molecule has 0 aliphatic carbocycles. The lowest BCUT2D eigenvalue weighted by Crippen LogP contribution is -2.08. The molecule has 1 unspecified atom stereocenters. The first kappa shape index (κ1) is 12.4. The maximum atomic E-state index is 9.37. The van der Waals surface area contributed by atoms with Gasteiger partial charge in [0, 0.05) is 0 Å². The van der Waals surface area contributed by atoms with E-state index in [9.17, 15) is 5.11 Å². The molecule has 3 heteroatoms. The first-order chi connectivity index (χ1) is 6.11. The number of hydrogen-bond donors (Lipinski definition) is 3. The van der Waals surface area contributed by atoms with Crippen LogP contribution in [0.25, 0.3) is 0 Å². The zero-order valence-electron chi connectivity index (χ0n) is 8.03. The van der Waals surface area contributed by atoms with Crippen molar-refractivity contribution in [1.29, 1.82) is 0 Å². The maximum Gasteiger partial charge on any atom is 0.0747 e. The first-order valence-corrected chi connectivity index (χ1v) is 4.35. The van der Waals surface area contributed by atoms with E-state index in [-0.39, 0.29) is 13.2 Å². The summed E-state index contributed by atoms with van der Waals surface area (Å²) in [5.41, 5.74) is 1.48. The van der Waals surface area contributed by atoms with E-state index in [1.165, 1.54) is 0 Å². The van der Waals surface area contributed by atoms with Gasteiger partial charge in [0.25, 0.3) is 0 Å². The zero-order chi connectivity index (χ0) is 10.3. The second kappa shape index (κ2) is 6.83. The van der Waals surface area contributed by atoms with Gasteiger partial charge in [-0.15, -0.1) is 0 Å². The van der Waals surface area contributed by atoms with Crippen LogP contribution in [0.4, 0.5) is 0 Å². The van der Waals surface area contributed by atoms with Crippen molar-refractivity contribution in [3.8, 4) is 0 Å². The van der Waals surface area contributed by atoms with Gasteiger partial charge in [-0.25, -0.2) is 0 Å². The van der Waals surface area contributed by atoms with Crippen molar-refractivity contribution in [2.45, 2.75) is 25.9 Å². The molecule has 0 saturated heterocycles. The third-order valence-electron chi connectivity index (χ3n) is 1.89. The number of aliphatic hydroxyl groups excluding tert-OH is 3. The molecular formula is C10H18O3. The van der Waals surface area contributed by atoms with Crippen LogP contribution in [0.1, 0.15) is 19.8 Å². The fraction of sp³-hybridized carbons (Fsp3) is 0.600. The van der Waals surface area contributed by atoms with Crippen molar-refractivity contribution in [1.82, 2.24) is 0 Å². The minimum Gasteiger partial charge on any atom is -0.392 e. The standard InChI is InChI=1S/C10H18O3/c1-8(2)10(13)4-3-9(7-12)5-6-11/h5,10-13H,1,3-4,6-7H2,2H3. The smallest absolute Gasteiger partial charge is 0.0747 e. The van der Waals surface area contributed by atoms with Crippen LogP contribution in [0, 0.1) is 0 Å². The Morgan fingerprint density at radius 2 is 2.08 bits per heavy atom. The average molecular weight is 186 g/mol. The van der Waals surface area contributed by atoms with Crippen LogP contribution in [-0.4, -0.2) is 34.6 Å². The van der Waals surface area contributed by atoms with Crippen molar-refractivity contribution < 1.29 is 15.3 Å². The molecule has 0 saturated carbocycles. The van der Waals surface area contributed by atoms with Gasteiger partial charge < -0.3 is 15.3 Å². The zero-order valence-corrected chi connectivity index (χ0v) is 8.03. The van der Waals surface area contributed by atoms with Gasteiger partial charge in [0.1, 0.15) is 0 Å². The Hall–Kier alpha value is -0.640. The van der Waals surface area contributed by atoms with Gasteiger partial charge in [0.2, 0.25) is 0 Å². The minimum absolute atomic E-state index is 0.0660. The van der Waals surface area contributed by atoms with Gasteiger partial charge in [0.15, 0.2) is 0 Å². The van der Waals surface area contributed by atoms with Crippen LogP contribution in [0.5, 0.6) is 0 Å². The summed E-state index contributed by atoms with van der Waals surface area (Å²) >= 11 is 0. The quantitative estimate of drug-likeness (QED) is 0.533. The average Bonchev–Trinajstić information content (AvgIpc) is 2.11. The van der Waals surface area contributed by atoms with Crippen molar-refractivity contribution in [2.75, 3.05) is 13.2 Å². The van der Waals surface area contributed by atoms with E-state index in [0.29, 0.717) is 12.8 Å². The molecule has 0 radical (unpaired) electrons. The number of hydrogen-bond acceptors (Lipinski definition) is 3. The van der Waals surface area contributed by atoms with Crippen LogP contribution < -0.4 is 0 Å². The van der Waals surface area contributed by atoms with Gasteiger partial charge in [-0.3, -0.25) is 0 Å². The first-order valence-electron chi connectivity index (χ1n) is 4.35.